The average Bonchev–Trinajstić information content (AvgIpc) is 2.56. The minimum Gasteiger partial charge on any atom is -0.481 e. The highest BCUT2D eigenvalue weighted by atomic mass is 16.5. The van der Waals surface area contributed by atoms with E-state index in [0.29, 0.717) is 26.3 Å². The average molecular weight is 272 g/mol. The quantitative estimate of drug-likeness (QED) is 0.777. The molecule has 0 atom stereocenters. The van der Waals surface area contributed by atoms with Gasteiger partial charge in [0.2, 0.25) is 5.91 Å². The normalized spacial score (nSPS) is 16.6. The summed E-state index contributed by atoms with van der Waals surface area (Å²) in [6, 6.07) is -0.489. The number of imide groups is 1. The zero-order chi connectivity index (χ0) is 14.5. The fourth-order valence-corrected chi connectivity index (χ4v) is 1.67. The summed E-state index contributed by atoms with van der Waals surface area (Å²) in [6.07, 6.45) is 0.487. The summed E-state index contributed by atoms with van der Waals surface area (Å²) >= 11 is 0. The van der Waals surface area contributed by atoms with Crippen LogP contribution >= 0.6 is 0 Å². The highest BCUT2D eigenvalue weighted by molar-refractivity contribution is 5.96. The van der Waals surface area contributed by atoms with Gasteiger partial charge in [0.15, 0.2) is 0 Å². The van der Waals surface area contributed by atoms with Gasteiger partial charge in [0, 0.05) is 26.1 Å². The zero-order valence-corrected chi connectivity index (χ0v) is 11.3. The summed E-state index contributed by atoms with van der Waals surface area (Å²) in [5.41, 5.74) is -1.19. The number of carboxylic acid groups (broad SMARTS) is 1. The smallest absolute Gasteiger partial charge is 0.324 e. The number of nitrogens with zero attached hydrogens (tertiary/aromatic N) is 1. The van der Waals surface area contributed by atoms with E-state index in [1.807, 2.05) is 0 Å². The summed E-state index contributed by atoms with van der Waals surface area (Å²) in [5.74, 6) is -1.65. The zero-order valence-electron chi connectivity index (χ0n) is 11.3. The van der Waals surface area contributed by atoms with Crippen LogP contribution in [0.2, 0.25) is 0 Å². The van der Waals surface area contributed by atoms with Crippen LogP contribution in [0.25, 0.3) is 0 Å². The first-order valence-corrected chi connectivity index (χ1v) is 6.23. The van der Waals surface area contributed by atoms with Crippen LogP contribution in [0.3, 0.4) is 0 Å². The first kappa shape index (κ1) is 15.4. The second-order valence-electron chi connectivity index (χ2n) is 5.17. The lowest BCUT2D eigenvalue weighted by atomic mass is 9.89. The molecule has 3 amide bonds. The van der Waals surface area contributed by atoms with Crippen molar-refractivity contribution in [2.45, 2.75) is 26.7 Å². The van der Waals surface area contributed by atoms with Crippen molar-refractivity contribution in [3.8, 4) is 0 Å². The summed E-state index contributed by atoms with van der Waals surface area (Å²) < 4.78 is 5.21. The van der Waals surface area contributed by atoms with Crippen LogP contribution in [0.4, 0.5) is 4.79 Å². The molecule has 7 nitrogen and oxygen atoms in total. The summed E-state index contributed by atoms with van der Waals surface area (Å²) in [4.78, 5) is 35.9. The first-order chi connectivity index (χ1) is 8.83. The Hall–Kier alpha value is -1.63. The number of hydrogen-bond acceptors (Lipinski definition) is 4. The third-order valence-electron chi connectivity index (χ3n) is 2.94. The molecule has 1 saturated heterocycles. The van der Waals surface area contributed by atoms with Gasteiger partial charge >= 0.3 is 12.0 Å². The van der Waals surface area contributed by atoms with E-state index in [-0.39, 0.29) is 6.42 Å². The van der Waals surface area contributed by atoms with E-state index in [4.69, 9.17) is 9.84 Å². The van der Waals surface area contributed by atoms with Gasteiger partial charge in [-0.15, -0.1) is 0 Å². The molecule has 0 unspecified atom stereocenters. The van der Waals surface area contributed by atoms with E-state index in [1.165, 1.54) is 18.7 Å². The Morgan fingerprint density at radius 2 is 1.95 bits per heavy atom. The molecule has 2 N–H and O–H groups in total. The minimum atomic E-state index is -1.19. The van der Waals surface area contributed by atoms with E-state index in [1.54, 1.807) is 0 Å². The SMILES string of the molecule is CC(C)(CC(=O)NC(=O)N1CCCOCC1)C(=O)O. The molecule has 0 aliphatic carbocycles. The van der Waals surface area contributed by atoms with Gasteiger partial charge in [-0.1, -0.05) is 0 Å². The van der Waals surface area contributed by atoms with Gasteiger partial charge in [0.1, 0.15) is 0 Å². The van der Waals surface area contributed by atoms with Gasteiger partial charge in [-0.25, -0.2) is 4.79 Å². The highest BCUT2D eigenvalue weighted by Crippen LogP contribution is 2.20. The lowest BCUT2D eigenvalue weighted by Crippen LogP contribution is -2.45. The number of rotatable bonds is 3. The third kappa shape index (κ3) is 4.86. The summed E-state index contributed by atoms with van der Waals surface area (Å²) in [5, 5.41) is 11.1. The largest absolute Gasteiger partial charge is 0.481 e. The van der Waals surface area contributed by atoms with Crippen LogP contribution in [0.1, 0.15) is 26.7 Å². The minimum absolute atomic E-state index is 0.238. The van der Waals surface area contributed by atoms with E-state index >= 15 is 0 Å². The monoisotopic (exact) mass is 272 g/mol. The second kappa shape index (κ2) is 6.51. The maximum atomic E-state index is 11.8. The number of carbonyl (C=O) groups excluding carboxylic acids is 2. The van der Waals surface area contributed by atoms with Gasteiger partial charge in [-0.2, -0.15) is 0 Å². The van der Waals surface area contributed by atoms with Gasteiger partial charge in [0.25, 0.3) is 0 Å². The van der Waals surface area contributed by atoms with Crippen molar-refractivity contribution in [1.29, 1.82) is 0 Å². The third-order valence-corrected chi connectivity index (χ3v) is 2.94. The van der Waals surface area contributed by atoms with Crippen molar-refractivity contribution >= 4 is 17.9 Å². The highest BCUT2D eigenvalue weighted by Gasteiger charge is 2.31. The number of urea groups is 1. The number of aliphatic carboxylic acids is 1. The predicted molar refractivity (Wildman–Crippen MR) is 66.6 cm³/mol. The van der Waals surface area contributed by atoms with Crippen LogP contribution < -0.4 is 5.32 Å². The fourth-order valence-electron chi connectivity index (χ4n) is 1.67. The molecule has 7 heteroatoms. The number of amides is 3. The van der Waals surface area contributed by atoms with Crippen LogP contribution in [0.5, 0.6) is 0 Å². The molecule has 0 aromatic heterocycles. The van der Waals surface area contributed by atoms with E-state index in [2.05, 4.69) is 5.32 Å². The molecule has 1 heterocycles. The van der Waals surface area contributed by atoms with Crippen LogP contribution in [0, 0.1) is 5.41 Å². The molecular weight excluding hydrogens is 252 g/mol. The molecule has 0 bridgehead atoms. The van der Waals surface area contributed by atoms with Crippen LogP contribution in [-0.4, -0.2) is 54.2 Å². The molecule has 1 fully saturated rings. The molecule has 0 spiro atoms. The van der Waals surface area contributed by atoms with Crippen molar-refractivity contribution in [1.82, 2.24) is 10.2 Å². The van der Waals surface area contributed by atoms with Crippen LogP contribution in [-0.2, 0) is 14.3 Å². The Kier molecular flexibility index (Phi) is 5.29. The number of carbonyl (C=O) groups is 3. The Morgan fingerprint density at radius 1 is 1.26 bits per heavy atom. The molecular formula is C12H20N2O5. The predicted octanol–water partition coefficient (Wildman–Crippen LogP) is 0.446. The van der Waals surface area contributed by atoms with Crippen LogP contribution in [0.15, 0.2) is 0 Å². The number of nitrogens with one attached hydrogen (secondary N) is 1. The molecule has 0 aromatic carbocycles. The van der Waals surface area contributed by atoms with Gasteiger partial charge in [-0.3, -0.25) is 14.9 Å². The van der Waals surface area contributed by atoms with E-state index in [9.17, 15) is 14.4 Å². The first-order valence-electron chi connectivity index (χ1n) is 6.23. The maximum Gasteiger partial charge on any atom is 0.324 e. The molecule has 0 aromatic rings. The molecule has 1 aliphatic rings. The van der Waals surface area contributed by atoms with E-state index < -0.39 is 23.3 Å². The van der Waals surface area contributed by atoms with Crippen molar-refractivity contribution in [2.24, 2.45) is 5.41 Å². The molecule has 1 rings (SSSR count). The lowest BCUT2D eigenvalue weighted by molar-refractivity contribution is -0.149. The van der Waals surface area contributed by atoms with Gasteiger partial charge in [-0.05, 0) is 20.3 Å². The lowest BCUT2D eigenvalue weighted by Gasteiger charge is -2.22. The van der Waals surface area contributed by atoms with Crippen molar-refractivity contribution in [3.05, 3.63) is 0 Å². The van der Waals surface area contributed by atoms with Crippen molar-refractivity contribution in [2.75, 3.05) is 26.3 Å². The Balaban J connectivity index is 2.47. The molecule has 19 heavy (non-hydrogen) atoms. The molecule has 0 radical (unpaired) electrons. The van der Waals surface area contributed by atoms with Crippen molar-refractivity contribution < 1.29 is 24.2 Å². The molecule has 0 saturated carbocycles. The van der Waals surface area contributed by atoms with E-state index in [0.717, 1.165) is 6.42 Å². The summed E-state index contributed by atoms with van der Waals surface area (Å²) in [6.45, 7) is 4.90. The maximum absolute atomic E-state index is 11.8. The van der Waals surface area contributed by atoms with Crippen molar-refractivity contribution in [3.63, 3.8) is 0 Å². The topological polar surface area (TPSA) is 95.9 Å². The number of carboxylic acids is 1. The number of hydrogen-bond donors (Lipinski definition) is 2. The van der Waals surface area contributed by atoms with Gasteiger partial charge < -0.3 is 14.7 Å². The number of ether oxygens (including phenoxy) is 1. The Morgan fingerprint density at radius 3 is 2.58 bits per heavy atom. The summed E-state index contributed by atoms with van der Waals surface area (Å²) in [7, 11) is 0. The second-order valence-corrected chi connectivity index (χ2v) is 5.17. The molecule has 108 valence electrons. The fraction of sp³-hybridized carbons (Fsp3) is 0.750. The Labute approximate surface area is 111 Å². The standard InChI is InChI=1S/C12H20N2O5/c1-12(2,10(16)17)8-9(15)13-11(18)14-4-3-6-19-7-5-14/h3-8H2,1-2H3,(H,16,17)(H,13,15,18). The van der Waals surface area contributed by atoms with Gasteiger partial charge in [0.05, 0.1) is 12.0 Å². The molecule has 1 aliphatic heterocycles. The Bertz CT molecular complexity index is 359.